The highest BCUT2D eigenvalue weighted by atomic mass is 35.5. The molecule has 34 heavy (non-hydrogen) atoms. The van der Waals surface area contributed by atoms with E-state index in [0.29, 0.717) is 36.8 Å². The quantitative estimate of drug-likeness (QED) is 0.606. The Bertz CT molecular complexity index is 1010. The van der Waals surface area contributed by atoms with E-state index in [1.54, 1.807) is 38.4 Å². The van der Waals surface area contributed by atoms with Gasteiger partial charge in [-0.1, -0.05) is 23.7 Å². The summed E-state index contributed by atoms with van der Waals surface area (Å²) in [5.41, 5.74) is 2.27. The zero-order valence-corrected chi connectivity index (χ0v) is 20.3. The number of carbonyl (C=O) groups is 2. The zero-order valence-electron chi connectivity index (χ0n) is 19.6. The summed E-state index contributed by atoms with van der Waals surface area (Å²) in [5.74, 6) is 0.0265. The summed E-state index contributed by atoms with van der Waals surface area (Å²) in [6.07, 6.45) is 1.14. The number of benzene rings is 2. The Hall–Kier alpha value is -2.81. The number of rotatable bonds is 5. The summed E-state index contributed by atoms with van der Waals surface area (Å²) in [7, 11) is 3.40. The first kappa shape index (κ1) is 24.3. The van der Waals surface area contributed by atoms with Crippen molar-refractivity contribution in [2.24, 2.45) is 0 Å². The van der Waals surface area contributed by atoms with Gasteiger partial charge in [0.05, 0.1) is 23.5 Å². The van der Waals surface area contributed by atoms with Gasteiger partial charge in [0.25, 0.3) is 5.91 Å². The van der Waals surface area contributed by atoms with E-state index in [1.165, 1.54) is 4.90 Å². The summed E-state index contributed by atoms with van der Waals surface area (Å²) in [6, 6.07) is 14.6. The Kier molecular flexibility index (Phi) is 7.60. The number of likely N-dealkylation sites (tertiary alicyclic amines) is 1. The van der Waals surface area contributed by atoms with Crippen LogP contribution < -0.4 is 15.5 Å². The Labute approximate surface area is 205 Å². The van der Waals surface area contributed by atoms with E-state index in [-0.39, 0.29) is 24.0 Å². The number of piperidine rings is 1. The molecular formula is C25H32ClN5O3. The van der Waals surface area contributed by atoms with Gasteiger partial charge < -0.3 is 30.4 Å². The number of amides is 3. The Morgan fingerprint density at radius 2 is 1.71 bits per heavy atom. The first-order valence-corrected chi connectivity index (χ1v) is 12.0. The number of para-hydroxylation sites is 2. The Morgan fingerprint density at radius 3 is 2.38 bits per heavy atom. The lowest BCUT2D eigenvalue weighted by atomic mass is 10.0. The van der Waals surface area contributed by atoms with E-state index in [4.69, 9.17) is 11.6 Å². The van der Waals surface area contributed by atoms with Gasteiger partial charge in [-0.3, -0.25) is 4.79 Å². The van der Waals surface area contributed by atoms with E-state index >= 15 is 0 Å². The molecule has 2 aromatic rings. The predicted octanol–water partition coefficient (Wildman–Crippen LogP) is 2.88. The molecule has 8 nitrogen and oxygen atoms in total. The Balaban J connectivity index is 1.32. The molecule has 1 unspecified atom stereocenters. The van der Waals surface area contributed by atoms with Gasteiger partial charge in [-0.2, -0.15) is 0 Å². The van der Waals surface area contributed by atoms with E-state index in [2.05, 4.69) is 15.5 Å². The molecule has 0 aliphatic carbocycles. The molecule has 2 atom stereocenters. The van der Waals surface area contributed by atoms with Gasteiger partial charge in [0.2, 0.25) is 0 Å². The number of hydrogen-bond donors (Lipinski definition) is 3. The highest BCUT2D eigenvalue weighted by molar-refractivity contribution is 6.30. The van der Waals surface area contributed by atoms with Crippen molar-refractivity contribution in [1.82, 2.24) is 15.1 Å². The van der Waals surface area contributed by atoms with E-state index in [0.717, 1.165) is 24.2 Å². The summed E-state index contributed by atoms with van der Waals surface area (Å²) in [4.78, 5) is 30.4. The maximum absolute atomic E-state index is 12.7. The molecule has 0 spiro atoms. The minimum Gasteiger partial charge on any atom is -0.390 e. The molecule has 0 bridgehead atoms. The number of aliphatic hydroxyl groups is 1. The lowest BCUT2D eigenvalue weighted by Gasteiger charge is -2.34. The van der Waals surface area contributed by atoms with Gasteiger partial charge in [0.15, 0.2) is 0 Å². The molecular weight excluding hydrogens is 454 g/mol. The highest BCUT2D eigenvalue weighted by Crippen LogP contribution is 2.29. The molecule has 2 heterocycles. The minimum atomic E-state index is -0.522. The molecule has 3 N–H and O–H groups in total. The zero-order chi connectivity index (χ0) is 24.2. The number of aliphatic hydroxyl groups excluding tert-OH is 1. The fraction of sp³-hybridized carbons (Fsp3) is 0.440. The molecule has 182 valence electrons. The molecule has 2 aliphatic heterocycles. The van der Waals surface area contributed by atoms with Crippen molar-refractivity contribution in [3.05, 3.63) is 59.1 Å². The van der Waals surface area contributed by atoms with E-state index < -0.39 is 6.10 Å². The van der Waals surface area contributed by atoms with Crippen LogP contribution in [0.4, 0.5) is 16.2 Å². The number of anilines is 2. The van der Waals surface area contributed by atoms with Crippen LogP contribution in [0.1, 0.15) is 23.2 Å². The van der Waals surface area contributed by atoms with Crippen molar-refractivity contribution in [3.8, 4) is 0 Å². The van der Waals surface area contributed by atoms with Crippen LogP contribution in [-0.4, -0.2) is 85.3 Å². The van der Waals surface area contributed by atoms with Crippen LogP contribution in [0.25, 0.3) is 0 Å². The largest absolute Gasteiger partial charge is 0.390 e. The molecule has 9 heteroatoms. The second kappa shape index (κ2) is 10.6. The third-order valence-electron chi connectivity index (χ3n) is 6.50. The predicted molar refractivity (Wildman–Crippen MR) is 135 cm³/mol. The average Bonchev–Trinajstić information content (AvgIpc) is 3.19. The number of urea groups is 1. The van der Waals surface area contributed by atoms with Crippen molar-refractivity contribution in [2.75, 3.05) is 50.5 Å². The summed E-state index contributed by atoms with van der Waals surface area (Å²) < 4.78 is 0. The average molecular weight is 486 g/mol. The molecule has 0 aromatic heterocycles. The first-order chi connectivity index (χ1) is 16.3. The second-order valence-electron chi connectivity index (χ2n) is 9.16. The number of β-amino-alcohol motifs (C(OH)–C–C–N with tert-alkyl or cyclic N) is 1. The van der Waals surface area contributed by atoms with Crippen molar-refractivity contribution in [3.63, 3.8) is 0 Å². The molecule has 2 fully saturated rings. The molecule has 2 aliphatic rings. The van der Waals surface area contributed by atoms with Gasteiger partial charge in [0.1, 0.15) is 0 Å². The molecule has 2 aromatic carbocycles. The van der Waals surface area contributed by atoms with Crippen molar-refractivity contribution in [1.29, 1.82) is 0 Å². The molecule has 0 radical (unpaired) electrons. The van der Waals surface area contributed by atoms with Crippen LogP contribution in [-0.2, 0) is 0 Å². The van der Waals surface area contributed by atoms with E-state index in [9.17, 15) is 14.7 Å². The van der Waals surface area contributed by atoms with Gasteiger partial charge in [0, 0.05) is 56.9 Å². The number of nitrogens with one attached hydrogen (secondary N) is 2. The fourth-order valence-electron chi connectivity index (χ4n) is 4.56. The van der Waals surface area contributed by atoms with Crippen LogP contribution in [0.3, 0.4) is 0 Å². The molecule has 3 amide bonds. The summed E-state index contributed by atoms with van der Waals surface area (Å²) in [5, 5.41) is 17.9. The first-order valence-electron chi connectivity index (χ1n) is 11.6. The SMILES string of the molecule is CN(C)C(=O)Nc1ccccc1N1CC(NC2CCN(C(=O)c3ccc(Cl)cc3)CC2)[C@H](O)C1. The minimum absolute atomic E-state index is 0.0265. The van der Waals surface area contributed by atoms with Crippen LogP contribution in [0, 0.1) is 0 Å². The maximum Gasteiger partial charge on any atom is 0.321 e. The third-order valence-corrected chi connectivity index (χ3v) is 6.76. The summed E-state index contributed by atoms with van der Waals surface area (Å²) >= 11 is 5.93. The molecule has 2 saturated heterocycles. The van der Waals surface area contributed by atoms with Gasteiger partial charge in [-0.25, -0.2) is 4.79 Å². The van der Waals surface area contributed by atoms with Crippen molar-refractivity contribution < 1.29 is 14.7 Å². The normalized spacial score (nSPS) is 20.9. The van der Waals surface area contributed by atoms with Crippen LogP contribution in [0.2, 0.25) is 5.02 Å². The highest BCUT2D eigenvalue weighted by Gasteiger charge is 2.35. The van der Waals surface area contributed by atoms with E-state index in [1.807, 2.05) is 29.2 Å². The lowest BCUT2D eigenvalue weighted by molar-refractivity contribution is 0.0691. The Morgan fingerprint density at radius 1 is 1.03 bits per heavy atom. The number of carbonyl (C=O) groups excluding carboxylic acids is 2. The van der Waals surface area contributed by atoms with Gasteiger partial charge in [-0.15, -0.1) is 0 Å². The fourth-order valence-corrected chi connectivity index (χ4v) is 4.68. The van der Waals surface area contributed by atoms with Crippen LogP contribution >= 0.6 is 11.6 Å². The number of hydrogen-bond acceptors (Lipinski definition) is 5. The number of nitrogens with zero attached hydrogens (tertiary/aromatic N) is 3. The van der Waals surface area contributed by atoms with Gasteiger partial charge >= 0.3 is 6.03 Å². The lowest BCUT2D eigenvalue weighted by Crippen LogP contribution is -2.50. The smallest absolute Gasteiger partial charge is 0.321 e. The topological polar surface area (TPSA) is 88.2 Å². The summed E-state index contributed by atoms with van der Waals surface area (Å²) in [6.45, 7) is 2.47. The van der Waals surface area contributed by atoms with Crippen LogP contribution in [0.5, 0.6) is 0 Å². The molecule has 0 saturated carbocycles. The standard InChI is InChI=1S/C25H32ClN5O3/c1-29(2)25(34)28-20-5-3-4-6-22(20)31-15-21(23(32)16-31)27-19-11-13-30(14-12-19)24(33)17-7-9-18(26)10-8-17/h3-10,19,21,23,27,32H,11-16H2,1-2H3,(H,28,34)/t21?,23-/m1/s1. The van der Waals surface area contributed by atoms with Crippen LogP contribution in [0.15, 0.2) is 48.5 Å². The third kappa shape index (κ3) is 5.63. The van der Waals surface area contributed by atoms with Gasteiger partial charge in [-0.05, 0) is 49.2 Å². The number of halogens is 1. The molecule has 4 rings (SSSR count). The maximum atomic E-state index is 12.7. The van der Waals surface area contributed by atoms with Crippen molar-refractivity contribution in [2.45, 2.75) is 31.0 Å². The van der Waals surface area contributed by atoms with Crippen molar-refractivity contribution >= 4 is 34.9 Å². The monoisotopic (exact) mass is 485 g/mol. The second-order valence-corrected chi connectivity index (χ2v) is 9.60.